The number of rotatable bonds is 2. The highest BCUT2D eigenvalue weighted by molar-refractivity contribution is 5.82. The highest BCUT2D eigenvalue weighted by Gasteiger charge is 2.26. The van der Waals surface area contributed by atoms with Crippen molar-refractivity contribution in [2.45, 2.75) is 6.18 Å². The molecule has 3 nitrogen and oxygen atoms in total. The van der Waals surface area contributed by atoms with Crippen LogP contribution in [-0.4, -0.2) is 25.1 Å². The van der Waals surface area contributed by atoms with Crippen molar-refractivity contribution in [2.24, 2.45) is 16.5 Å². The van der Waals surface area contributed by atoms with Gasteiger partial charge in [0.1, 0.15) is 12.4 Å². The molecule has 0 aromatic rings. The van der Waals surface area contributed by atoms with Gasteiger partial charge in [-0.25, -0.2) is 0 Å². The monoisotopic (exact) mass is 155 g/mol. The van der Waals surface area contributed by atoms with Gasteiger partial charge in [0.2, 0.25) is 0 Å². The molecule has 10 heavy (non-hydrogen) atoms. The SMILES string of the molecule is NCC(N)=NCC(F)(F)F. The third-order valence-corrected chi connectivity index (χ3v) is 0.671. The lowest BCUT2D eigenvalue weighted by atomic mass is 10.6. The first-order valence-electron chi connectivity index (χ1n) is 2.51. The van der Waals surface area contributed by atoms with E-state index in [4.69, 9.17) is 11.5 Å². The van der Waals surface area contributed by atoms with E-state index >= 15 is 0 Å². The van der Waals surface area contributed by atoms with Gasteiger partial charge in [-0.3, -0.25) is 4.99 Å². The number of halogens is 3. The van der Waals surface area contributed by atoms with E-state index in [-0.39, 0.29) is 12.4 Å². The van der Waals surface area contributed by atoms with Crippen LogP contribution in [0.5, 0.6) is 0 Å². The van der Waals surface area contributed by atoms with Crippen LogP contribution in [0.1, 0.15) is 0 Å². The molecular weight excluding hydrogens is 147 g/mol. The standard InChI is InChI=1S/C4H8F3N3/c5-4(6,7)2-10-3(9)1-8/h1-2,8H2,(H2,9,10). The van der Waals surface area contributed by atoms with Gasteiger partial charge in [-0.2, -0.15) is 13.2 Å². The predicted octanol–water partition coefficient (Wildman–Crippen LogP) is -0.135. The number of nitrogens with two attached hydrogens (primary N) is 2. The molecule has 0 aliphatic rings. The first kappa shape index (κ1) is 9.22. The van der Waals surface area contributed by atoms with Gasteiger partial charge in [-0.15, -0.1) is 0 Å². The van der Waals surface area contributed by atoms with Gasteiger partial charge in [-0.05, 0) is 0 Å². The summed E-state index contributed by atoms with van der Waals surface area (Å²) in [7, 11) is 0. The number of alkyl halides is 3. The summed E-state index contributed by atoms with van der Waals surface area (Å²) in [4.78, 5) is 2.96. The van der Waals surface area contributed by atoms with Gasteiger partial charge >= 0.3 is 6.18 Å². The first-order valence-corrected chi connectivity index (χ1v) is 2.51. The van der Waals surface area contributed by atoms with Gasteiger partial charge in [0.15, 0.2) is 0 Å². The quantitative estimate of drug-likeness (QED) is 0.430. The number of hydrogen-bond acceptors (Lipinski definition) is 2. The Kier molecular flexibility index (Phi) is 3.14. The zero-order chi connectivity index (χ0) is 8.20. The van der Waals surface area contributed by atoms with Crippen LogP contribution in [-0.2, 0) is 0 Å². The Bertz CT molecular complexity index is 128. The fraction of sp³-hybridized carbons (Fsp3) is 0.750. The molecule has 0 heterocycles. The smallest absolute Gasteiger partial charge is 0.386 e. The zero-order valence-electron chi connectivity index (χ0n) is 5.15. The third kappa shape index (κ3) is 5.36. The van der Waals surface area contributed by atoms with Crippen LogP contribution in [0.4, 0.5) is 13.2 Å². The Morgan fingerprint density at radius 2 is 1.90 bits per heavy atom. The lowest BCUT2D eigenvalue weighted by molar-refractivity contribution is -0.118. The van der Waals surface area contributed by atoms with Gasteiger partial charge < -0.3 is 11.5 Å². The van der Waals surface area contributed by atoms with Gasteiger partial charge in [0.05, 0.1) is 6.54 Å². The van der Waals surface area contributed by atoms with Gasteiger partial charge in [0.25, 0.3) is 0 Å². The minimum atomic E-state index is -4.29. The van der Waals surface area contributed by atoms with E-state index in [1.54, 1.807) is 0 Å². The Labute approximate surface area is 55.9 Å². The summed E-state index contributed by atoms with van der Waals surface area (Å²) in [6, 6.07) is 0. The summed E-state index contributed by atoms with van der Waals surface area (Å²) in [5.74, 6) is -0.183. The average Bonchev–Trinajstić information content (AvgIpc) is 1.81. The molecule has 0 amide bonds. The molecule has 60 valence electrons. The molecule has 0 aromatic heterocycles. The van der Waals surface area contributed by atoms with Crippen LogP contribution in [0.25, 0.3) is 0 Å². The topological polar surface area (TPSA) is 64.4 Å². The van der Waals surface area contributed by atoms with Gasteiger partial charge in [0, 0.05) is 0 Å². The van der Waals surface area contributed by atoms with Gasteiger partial charge in [-0.1, -0.05) is 0 Å². The second kappa shape index (κ2) is 3.40. The van der Waals surface area contributed by atoms with Crippen LogP contribution in [0.3, 0.4) is 0 Å². The van der Waals surface area contributed by atoms with E-state index in [1.165, 1.54) is 0 Å². The van der Waals surface area contributed by atoms with Crippen molar-refractivity contribution in [1.29, 1.82) is 0 Å². The van der Waals surface area contributed by atoms with Crippen LogP contribution < -0.4 is 11.5 Å². The maximum atomic E-state index is 11.3. The van der Waals surface area contributed by atoms with Crippen molar-refractivity contribution in [3.63, 3.8) is 0 Å². The lowest BCUT2D eigenvalue weighted by Gasteiger charge is -2.01. The van der Waals surface area contributed by atoms with Crippen molar-refractivity contribution in [1.82, 2.24) is 0 Å². The predicted molar refractivity (Wildman–Crippen MR) is 31.6 cm³/mol. The fourth-order valence-electron chi connectivity index (χ4n) is 0.256. The summed E-state index contributed by atoms with van der Waals surface area (Å²) in [5, 5.41) is 0. The Morgan fingerprint density at radius 1 is 1.40 bits per heavy atom. The molecule has 0 spiro atoms. The number of nitrogens with zero attached hydrogens (tertiary/aromatic N) is 1. The van der Waals surface area contributed by atoms with E-state index < -0.39 is 12.7 Å². The molecule has 0 radical (unpaired) electrons. The third-order valence-electron chi connectivity index (χ3n) is 0.671. The van der Waals surface area contributed by atoms with Crippen LogP contribution >= 0.6 is 0 Å². The largest absolute Gasteiger partial charge is 0.408 e. The Balaban J connectivity index is 3.73. The molecule has 0 atom stereocenters. The van der Waals surface area contributed by atoms with E-state index in [0.717, 1.165) is 0 Å². The molecule has 0 saturated heterocycles. The van der Waals surface area contributed by atoms with E-state index in [0.29, 0.717) is 0 Å². The highest BCUT2D eigenvalue weighted by atomic mass is 19.4. The minimum Gasteiger partial charge on any atom is -0.386 e. The van der Waals surface area contributed by atoms with E-state index in [1.807, 2.05) is 0 Å². The first-order chi connectivity index (χ1) is 4.45. The summed E-state index contributed by atoms with van der Waals surface area (Å²) >= 11 is 0. The molecule has 6 heteroatoms. The molecule has 0 unspecified atom stereocenters. The number of aliphatic imine (C=N–C) groups is 1. The molecule has 0 aliphatic carbocycles. The van der Waals surface area contributed by atoms with Crippen molar-refractivity contribution in [3.8, 4) is 0 Å². The molecule has 0 fully saturated rings. The summed E-state index contributed by atoms with van der Waals surface area (Å²) in [6.45, 7) is -1.40. The molecule has 4 N–H and O–H groups in total. The van der Waals surface area contributed by atoms with Crippen LogP contribution in [0.15, 0.2) is 4.99 Å². The summed E-state index contributed by atoms with van der Waals surface area (Å²) in [6.07, 6.45) is -4.29. The zero-order valence-corrected chi connectivity index (χ0v) is 5.15. The molecule has 0 aromatic carbocycles. The molecule has 0 rings (SSSR count). The lowest BCUT2D eigenvalue weighted by Crippen LogP contribution is -2.25. The van der Waals surface area contributed by atoms with E-state index in [9.17, 15) is 13.2 Å². The second-order valence-electron chi connectivity index (χ2n) is 1.63. The molecular formula is C4H8F3N3. The van der Waals surface area contributed by atoms with Crippen molar-refractivity contribution in [2.75, 3.05) is 13.1 Å². The Hall–Kier alpha value is -0.780. The maximum Gasteiger partial charge on any atom is 0.408 e. The van der Waals surface area contributed by atoms with Crippen molar-refractivity contribution >= 4 is 5.84 Å². The number of amidine groups is 1. The highest BCUT2D eigenvalue weighted by Crippen LogP contribution is 2.13. The fourth-order valence-corrected chi connectivity index (χ4v) is 0.256. The summed E-state index contributed by atoms with van der Waals surface area (Å²) in [5.41, 5.74) is 9.78. The normalized spacial score (nSPS) is 13.8. The van der Waals surface area contributed by atoms with Crippen LogP contribution in [0.2, 0.25) is 0 Å². The molecule has 0 saturated carbocycles. The molecule has 0 aliphatic heterocycles. The average molecular weight is 155 g/mol. The van der Waals surface area contributed by atoms with E-state index in [2.05, 4.69) is 4.99 Å². The second-order valence-corrected chi connectivity index (χ2v) is 1.63. The van der Waals surface area contributed by atoms with Crippen molar-refractivity contribution in [3.05, 3.63) is 0 Å². The van der Waals surface area contributed by atoms with Crippen molar-refractivity contribution < 1.29 is 13.2 Å². The van der Waals surface area contributed by atoms with Crippen LogP contribution in [0, 0.1) is 0 Å². The minimum absolute atomic E-state index is 0.143. The Morgan fingerprint density at radius 3 is 2.20 bits per heavy atom. The summed E-state index contributed by atoms with van der Waals surface area (Å²) < 4.78 is 34.0. The number of hydrogen-bond donors (Lipinski definition) is 2. The maximum absolute atomic E-state index is 11.3. The molecule has 0 bridgehead atoms.